The molecule has 0 spiro atoms. The molecule has 0 radical (unpaired) electrons. The van der Waals surface area contributed by atoms with Crippen LogP contribution in [0.3, 0.4) is 0 Å². The van der Waals surface area contributed by atoms with Crippen molar-refractivity contribution in [1.29, 1.82) is 0 Å². The van der Waals surface area contributed by atoms with E-state index in [1.165, 1.54) is 11.8 Å². The van der Waals surface area contributed by atoms with Crippen molar-refractivity contribution >= 4 is 29.7 Å². The van der Waals surface area contributed by atoms with Gasteiger partial charge in [0, 0.05) is 13.5 Å². The normalized spacial score (nSPS) is 18.9. The molecule has 12 nitrogen and oxygen atoms in total. The topological polar surface area (TPSA) is 199 Å². The number of amides is 3. The fourth-order valence-corrected chi connectivity index (χ4v) is 3.54. The zero-order valence-corrected chi connectivity index (χ0v) is 20.8. The van der Waals surface area contributed by atoms with E-state index in [0.717, 1.165) is 6.92 Å². The number of nitrogens with one attached hydrogen (secondary N) is 2. The Balaban J connectivity index is 0.00000251. The molecule has 3 amide bonds. The first-order chi connectivity index (χ1) is 15.6. The molecule has 0 bridgehead atoms. The number of likely N-dealkylation sites (tertiary alicyclic amines) is 1. The molecule has 0 aromatic rings. The molecule has 1 saturated heterocycles. The summed E-state index contributed by atoms with van der Waals surface area (Å²) in [4.78, 5) is 59.8. The predicted octanol–water partition coefficient (Wildman–Crippen LogP) is -0.467. The molecule has 34 heavy (non-hydrogen) atoms. The summed E-state index contributed by atoms with van der Waals surface area (Å²) in [6.45, 7) is 9.98. The van der Waals surface area contributed by atoms with Gasteiger partial charge in [0.25, 0.3) is 5.97 Å². The van der Waals surface area contributed by atoms with Gasteiger partial charge in [-0.3, -0.25) is 19.2 Å². The van der Waals surface area contributed by atoms with Crippen molar-refractivity contribution < 1.29 is 39.3 Å². The van der Waals surface area contributed by atoms with Crippen LogP contribution in [0.4, 0.5) is 0 Å². The fourth-order valence-electron chi connectivity index (χ4n) is 3.54. The second-order valence-electron chi connectivity index (χ2n) is 9.24. The number of aliphatic carboxylic acids is 2. The highest BCUT2D eigenvalue weighted by molar-refractivity contribution is 5.94. The molecule has 1 rings (SSSR count). The van der Waals surface area contributed by atoms with Gasteiger partial charge in [0.15, 0.2) is 0 Å². The maximum absolute atomic E-state index is 12.8. The lowest BCUT2D eigenvalue weighted by atomic mass is 10.0. The van der Waals surface area contributed by atoms with Crippen LogP contribution in [-0.4, -0.2) is 86.7 Å². The molecule has 0 unspecified atom stereocenters. The fraction of sp³-hybridized carbons (Fsp3) is 0.773. The summed E-state index contributed by atoms with van der Waals surface area (Å²) in [6.07, 6.45) is 0.278. The van der Waals surface area contributed by atoms with E-state index in [0.29, 0.717) is 25.8 Å². The summed E-state index contributed by atoms with van der Waals surface area (Å²) >= 11 is 0. The number of carbonyl (C=O) groups excluding carboxylic acids is 3. The van der Waals surface area contributed by atoms with Crippen molar-refractivity contribution in [2.45, 2.75) is 91.1 Å². The Kier molecular flexibility index (Phi) is 13.3. The molecule has 1 aliphatic heterocycles. The molecule has 0 saturated carbocycles. The molecule has 0 aromatic heterocycles. The number of aliphatic hydroxyl groups excluding tert-OH is 1. The third-order valence-corrected chi connectivity index (χ3v) is 5.17. The van der Waals surface area contributed by atoms with Gasteiger partial charge in [0.1, 0.15) is 18.1 Å². The van der Waals surface area contributed by atoms with E-state index in [9.17, 15) is 29.4 Å². The number of aliphatic hydroxyl groups is 1. The summed E-state index contributed by atoms with van der Waals surface area (Å²) in [5.41, 5.74) is 5.99. The minimum Gasteiger partial charge on any atom is -0.481 e. The molecule has 1 aliphatic rings. The standard InChI is InChI=1S/C20H36N4O6.C2H4O2/c1-10(2)9-13(21)19(28)24-8-6-7-14(24)17(26)23-16(12(5)25)18(27)22-15(11(3)4)20(29)30;1-2(3)4/h10-16,25H,6-9,21H2,1-5H3,(H,22,27)(H,23,26)(H,29,30);1H3,(H,3,4)/t12-,13+,14+,15+,16+;/m1./s1. The quantitative estimate of drug-likeness (QED) is 0.235. The van der Waals surface area contributed by atoms with Crippen LogP contribution in [0.25, 0.3) is 0 Å². The van der Waals surface area contributed by atoms with E-state index >= 15 is 0 Å². The zero-order chi connectivity index (χ0) is 26.7. The second kappa shape index (κ2) is 14.5. The number of hydrogen-bond acceptors (Lipinski definition) is 7. The van der Waals surface area contributed by atoms with Crippen molar-refractivity contribution in [2.75, 3.05) is 6.54 Å². The molecular weight excluding hydrogens is 448 g/mol. The number of carboxylic acids is 2. The highest BCUT2D eigenvalue weighted by Crippen LogP contribution is 2.20. The summed E-state index contributed by atoms with van der Waals surface area (Å²) in [5.74, 6) is -3.89. The average Bonchev–Trinajstić information content (AvgIpc) is 3.17. The third kappa shape index (κ3) is 10.5. The highest BCUT2D eigenvalue weighted by atomic mass is 16.4. The van der Waals surface area contributed by atoms with Gasteiger partial charge < -0.3 is 36.6 Å². The van der Waals surface area contributed by atoms with Crippen molar-refractivity contribution in [3.63, 3.8) is 0 Å². The number of rotatable bonds is 10. The molecule has 1 fully saturated rings. The van der Waals surface area contributed by atoms with E-state index in [2.05, 4.69) is 10.6 Å². The first-order valence-corrected chi connectivity index (χ1v) is 11.4. The summed E-state index contributed by atoms with van der Waals surface area (Å²) in [7, 11) is 0. The van der Waals surface area contributed by atoms with Gasteiger partial charge in [-0.05, 0) is 38.0 Å². The van der Waals surface area contributed by atoms with Crippen LogP contribution < -0.4 is 16.4 Å². The maximum Gasteiger partial charge on any atom is 0.326 e. The van der Waals surface area contributed by atoms with E-state index in [-0.39, 0.29) is 17.7 Å². The molecule has 1 heterocycles. The number of nitrogens with two attached hydrogens (primary N) is 1. The van der Waals surface area contributed by atoms with E-state index in [4.69, 9.17) is 15.6 Å². The molecule has 5 atom stereocenters. The van der Waals surface area contributed by atoms with Gasteiger partial charge >= 0.3 is 5.97 Å². The summed E-state index contributed by atoms with van der Waals surface area (Å²) in [5, 5.41) is 31.5. The number of carbonyl (C=O) groups is 5. The van der Waals surface area contributed by atoms with Gasteiger partial charge in [0.2, 0.25) is 17.7 Å². The highest BCUT2D eigenvalue weighted by Gasteiger charge is 2.39. The lowest BCUT2D eigenvalue weighted by Crippen LogP contribution is -2.60. The van der Waals surface area contributed by atoms with Crippen LogP contribution >= 0.6 is 0 Å². The molecular formula is C22H40N4O8. The Morgan fingerprint density at radius 1 is 1.00 bits per heavy atom. The van der Waals surface area contributed by atoms with E-state index in [1.807, 2.05) is 13.8 Å². The van der Waals surface area contributed by atoms with Crippen LogP contribution in [0.15, 0.2) is 0 Å². The molecule has 0 aromatic carbocycles. The molecule has 12 heteroatoms. The monoisotopic (exact) mass is 488 g/mol. The molecule has 196 valence electrons. The first kappa shape index (κ1) is 31.3. The van der Waals surface area contributed by atoms with Gasteiger partial charge in [-0.25, -0.2) is 4.79 Å². The van der Waals surface area contributed by atoms with Crippen molar-refractivity contribution in [1.82, 2.24) is 15.5 Å². The number of carboxylic acid groups (broad SMARTS) is 2. The lowest BCUT2D eigenvalue weighted by molar-refractivity contribution is -0.145. The number of hydrogen-bond donors (Lipinski definition) is 6. The smallest absolute Gasteiger partial charge is 0.326 e. The van der Waals surface area contributed by atoms with E-state index in [1.54, 1.807) is 13.8 Å². The zero-order valence-electron chi connectivity index (χ0n) is 20.8. The van der Waals surface area contributed by atoms with Crippen LogP contribution in [0.5, 0.6) is 0 Å². The minimum atomic E-state index is -1.35. The Morgan fingerprint density at radius 2 is 1.53 bits per heavy atom. The van der Waals surface area contributed by atoms with Crippen molar-refractivity contribution in [3.8, 4) is 0 Å². The Labute approximate surface area is 200 Å². The summed E-state index contributed by atoms with van der Waals surface area (Å²) < 4.78 is 0. The largest absolute Gasteiger partial charge is 0.481 e. The van der Waals surface area contributed by atoms with Crippen molar-refractivity contribution in [2.24, 2.45) is 17.6 Å². The maximum atomic E-state index is 12.8. The van der Waals surface area contributed by atoms with Crippen LogP contribution in [0, 0.1) is 11.8 Å². The SMILES string of the molecule is CC(=O)O.CC(C)C[C@H](N)C(=O)N1CCC[C@H]1C(=O)N[C@H](C(=O)N[C@H](C(=O)O)C(C)C)[C@@H](C)O. The van der Waals surface area contributed by atoms with Gasteiger partial charge in [-0.1, -0.05) is 27.7 Å². The minimum absolute atomic E-state index is 0.227. The van der Waals surface area contributed by atoms with Crippen molar-refractivity contribution in [3.05, 3.63) is 0 Å². The molecule has 7 N–H and O–H groups in total. The van der Waals surface area contributed by atoms with Gasteiger partial charge in [-0.2, -0.15) is 0 Å². The van der Waals surface area contributed by atoms with E-state index < -0.39 is 54.0 Å². The Hall–Kier alpha value is -2.73. The second-order valence-corrected chi connectivity index (χ2v) is 9.24. The van der Waals surface area contributed by atoms with Gasteiger partial charge in [-0.15, -0.1) is 0 Å². The summed E-state index contributed by atoms with van der Waals surface area (Å²) in [6, 6.07) is -4.00. The van der Waals surface area contributed by atoms with Crippen LogP contribution in [0.1, 0.15) is 60.8 Å². The van der Waals surface area contributed by atoms with Crippen LogP contribution in [0.2, 0.25) is 0 Å². The predicted molar refractivity (Wildman–Crippen MR) is 123 cm³/mol. The lowest BCUT2D eigenvalue weighted by Gasteiger charge is -2.30. The van der Waals surface area contributed by atoms with Crippen LogP contribution in [-0.2, 0) is 24.0 Å². The average molecular weight is 489 g/mol. The number of nitrogens with zero attached hydrogens (tertiary/aromatic N) is 1. The third-order valence-electron chi connectivity index (χ3n) is 5.17. The first-order valence-electron chi connectivity index (χ1n) is 11.4. The Bertz CT molecular complexity index is 722. The molecule has 0 aliphatic carbocycles. The van der Waals surface area contributed by atoms with Gasteiger partial charge in [0.05, 0.1) is 12.1 Å². The Morgan fingerprint density at radius 3 is 1.94 bits per heavy atom.